The molecular weight excluding hydrogens is 212 g/mol. The number of aromatic carboxylic acids is 1. The summed E-state index contributed by atoms with van der Waals surface area (Å²) in [5.41, 5.74) is 0.583. The van der Waals surface area contributed by atoms with Crippen LogP contribution in [0.2, 0.25) is 0 Å². The fourth-order valence-electron chi connectivity index (χ4n) is 1.14. The van der Waals surface area contributed by atoms with Crippen LogP contribution in [0.3, 0.4) is 0 Å². The highest BCUT2D eigenvalue weighted by atomic mass is 32.1. The van der Waals surface area contributed by atoms with Crippen molar-refractivity contribution in [2.75, 3.05) is 11.9 Å². The summed E-state index contributed by atoms with van der Waals surface area (Å²) in [5.74, 6) is -0.264. The van der Waals surface area contributed by atoms with E-state index < -0.39 is 5.97 Å². The molecule has 0 saturated carbocycles. The van der Waals surface area contributed by atoms with Crippen LogP contribution < -0.4 is 5.32 Å². The van der Waals surface area contributed by atoms with E-state index in [1.807, 2.05) is 0 Å². The molecule has 0 aromatic carbocycles. The van der Waals surface area contributed by atoms with Crippen molar-refractivity contribution in [3.8, 4) is 0 Å². The van der Waals surface area contributed by atoms with Crippen LogP contribution >= 0.6 is 11.3 Å². The number of rotatable bonds is 5. The number of nitrogens with zero attached hydrogens (tertiary/aromatic N) is 1. The number of carboxylic acid groups (broad SMARTS) is 1. The summed E-state index contributed by atoms with van der Waals surface area (Å²) in [6, 6.07) is 0. The van der Waals surface area contributed by atoms with E-state index in [9.17, 15) is 4.79 Å². The Bertz CT molecular complexity index is 347. The summed E-state index contributed by atoms with van der Waals surface area (Å²) in [4.78, 5) is 15.2. The van der Waals surface area contributed by atoms with Crippen molar-refractivity contribution >= 4 is 22.4 Å². The number of hydrogen-bond acceptors (Lipinski definition) is 4. The van der Waals surface area contributed by atoms with Crippen LogP contribution in [0.4, 0.5) is 5.13 Å². The molecule has 1 heterocycles. The van der Waals surface area contributed by atoms with Crippen molar-refractivity contribution in [2.24, 2.45) is 5.92 Å². The monoisotopic (exact) mass is 228 g/mol. The first-order valence-electron chi connectivity index (χ1n) is 4.95. The Morgan fingerprint density at radius 1 is 1.60 bits per heavy atom. The smallest absolute Gasteiger partial charge is 0.347 e. The Hall–Kier alpha value is -1.10. The zero-order valence-electron chi connectivity index (χ0n) is 9.20. The van der Waals surface area contributed by atoms with Gasteiger partial charge in [0, 0.05) is 6.54 Å². The summed E-state index contributed by atoms with van der Waals surface area (Å²) in [6.07, 6.45) is 1.06. The lowest BCUT2D eigenvalue weighted by atomic mass is 10.1. The van der Waals surface area contributed by atoms with Crippen LogP contribution in [-0.4, -0.2) is 22.6 Å². The van der Waals surface area contributed by atoms with E-state index >= 15 is 0 Å². The molecule has 0 aliphatic carbocycles. The number of thiazole rings is 1. The van der Waals surface area contributed by atoms with E-state index in [0.29, 0.717) is 21.6 Å². The first-order chi connectivity index (χ1) is 7.00. The van der Waals surface area contributed by atoms with Gasteiger partial charge < -0.3 is 10.4 Å². The second-order valence-corrected chi connectivity index (χ2v) is 4.85. The zero-order valence-corrected chi connectivity index (χ0v) is 10.0. The summed E-state index contributed by atoms with van der Waals surface area (Å²) in [7, 11) is 0. The Kier molecular flexibility index (Phi) is 4.08. The van der Waals surface area contributed by atoms with Crippen molar-refractivity contribution in [3.05, 3.63) is 10.6 Å². The quantitative estimate of drug-likeness (QED) is 0.813. The number of carbonyl (C=O) groups is 1. The maximum atomic E-state index is 10.8. The highest BCUT2D eigenvalue weighted by Crippen LogP contribution is 2.22. The predicted octanol–water partition coefficient (Wildman–Crippen LogP) is 2.61. The maximum absolute atomic E-state index is 10.8. The third-order valence-electron chi connectivity index (χ3n) is 1.99. The molecule has 1 aromatic heterocycles. The minimum Gasteiger partial charge on any atom is -0.477 e. The van der Waals surface area contributed by atoms with Crippen LogP contribution in [0, 0.1) is 12.8 Å². The molecule has 0 bridgehead atoms. The van der Waals surface area contributed by atoms with Crippen molar-refractivity contribution in [1.29, 1.82) is 0 Å². The van der Waals surface area contributed by atoms with Gasteiger partial charge >= 0.3 is 5.97 Å². The lowest BCUT2D eigenvalue weighted by Gasteiger charge is -2.04. The average Bonchev–Trinajstić information content (AvgIpc) is 2.46. The second kappa shape index (κ2) is 5.11. The lowest BCUT2D eigenvalue weighted by molar-refractivity contribution is 0.0701. The number of anilines is 1. The van der Waals surface area contributed by atoms with Crippen LogP contribution in [-0.2, 0) is 0 Å². The molecule has 0 fully saturated rings. The van der Waals surface area contributed by atoms with Gasteiger partial charge in [0.2, 0.25) is 0 Å². The molecule has 4 nitrogen and oxygen atoms in total. The van der Waals surface area contributed by atoms with E-state index in [-0.39, 0.29) is 0 Å². The molecule has 2 N–H and O–H groups in total. The molecule has 84 valence electrons. The van der Waals surface area contributed by atoms with E-state index in [1.54, 1.807) is 6.92 Å². The molecule has 0 unspecified atom stereocenters. The Labute approximate surface area is 93.4 Å². The van der Waals surface area contributed by atoms with Crippen LogP contribution in [0.15, 0.2) is 0 Å². The van der Waals surface area contributed by atoms with Crippen LogP contribution in [0.25, 0.3) is 0 Å². The minimum absolute atomic E-state index is 0.321. The molecular formula is C10H16N2O2S. The maximum Gasteiger partial charge on any atom is 0.347 e. The van der Waals surface area contributed by atoms with Gasteiger partial charge in [0.15, 0.2) is 5.13 Å². The third-order valence-corrected chi connectivity index (χ3v) is 3.09. The van der Waals surface area contributed by atoms with E-state index in [4.69, 9.17) is 5.11 Å². The Balaban J connectivity index is 2.56. The highest BCUT2D eigenvalue weighted by Gasteiger charge is 2.13. The Morgan fingerprint density at radius 2 is 2.27 bits per heavy atom. The van der Waals surface area contributed by atoms with Crippen molar-refractivity contribution < 1.29 is 9.90 Å². The SMILES string of the molecule is Cc1nc(NCCC(C)C)sc1C(=O)O. The molecule has 0 amide bonds. The molecule has 5 heteroatoms. The van der Waals surface area contributed by atoms with E-state index in [0.717, 1.165) is 13.0 Å². The van der Waals surface area contributed by atoms with Gasteiger partial charge in [-0.25, -0.2) is 9.78 Å². The van der Waals surface area contributed by atoms with Crippen molar-refractivity contribution in [3.63, 3.8) is 0 Å². The largest absolute Gasteiger partial charge is 0.477 e. The van der Waals surface area contributed by atoms with Gasteiger partial charge in [-0.3, -0.25) is 0 Å². The van der Waals surface area contributed by atoms with Gasteiger partial charge in [0.05, 0.1) is 5.69 Å². The number of hydrogen-bond donors (Lipinski definition) is 2. The second-order valence-electron chi connectivity index (χ2n) is 3.85. The van der Waals surface area contributed by atoms with Gasteiger partial charge in [-0.15, -0.1) is 0 Å². The van der Waals surface area contributed by atoms with Gasteiger partial charge in [-0.2, -0.15) is 0 Å². The average molecular weight is 228 g/mol. The van der Waals surface area contributed by atoms with Crippen molar-refractivity contribution in [2.45, 2.75) is 27.2 Å². The van der Waals surface area contributed by atoms with Gasteiger partial charge in [0.1, 0.15) is 4.88 Å². The molecule has 1 aromatic rings. The van der Waals surface area contributed by atoms with Gasteiger partial charge in [-0.1, -0.05) is 25.2 Å². The fraction of sp³-hybridized carbons (Fsp3) is 0.600. The third kappa shape index (κ3) is 3.51. The molecule has 0 radical (unpaired) electrons. The summed E-state index contributed by atoms with van der Waals surface area (Å²) < 4.78 is 0. The molecule has 0 aliphatic heterocycles. The molecule has 0 spiro atoms. The summed E-state index contributed by atoms with van der Waals surface area (Å²) >= 11 is 1.20. The van der Waals surface area contributed by atoms with E-state index in [2.05, 4.69) is 24.1 Å². The number of carboxylic acids is 1. The number of aryl methyl sites for hydroxylation is 1. The zero-order chi connectivity index (χ0) is 11.4. The van der Waals surface area contributed by atoms with E-state index in [1.165, 1.54) is 11.3 Å². The standard InChI is InChI=1S/C10H16N2O2S/c1-6(2)4-5-11-10-12-7(3)8(15-10)9(13)14/h6H,4-5H2,1-3H3,(H,11,12)(H,13,14). The first kappa shape index (κ1) is 12.0. The van der Waals surface area contributed by atoms with Gasteiger partial charge in [-0.05, 0) is 19.3 Å². The molecule has 0 aliphatic rings. The topological polar surface area (TPSA) is 62.2 Å². The Morgan fingerprint density at radius 3 is 2.73 bits per heavy atom. The summed E-state index contributed by atoms with van der Waals surface area (Å²) in [5, 5.41) is 12.7. The highest BCUT2D eigenvalue weighted by molar-refractivity contribution is 7.17. The molecule has 0 saturated heterocycles. The number of aromatic nitrogens is 1. The summed E-state index contributed by atoms with van der Waals surface area (Å²) in [6.45, 7) is 6.85. The van der Waals surface area contributed by atoms with Crippen molar-refractivity contribution in [1.82, 2.24) is 4.98 Å². The fourth-order valence-corrected chi connectivity index (χ4v) is 1.97. The molecule has 15 heavy (non-hydrogen) atoms. The normalized spacial score (nSPS) is 10.7. The molecule has 0 atom stereocenters. The predicted molar refractivity (Wildman–Crippen MR) is 61.8 cm³/mol. The molecule has 1 rings (SSSR count). The van der Waals surface area contributed by atoms with Crippen LogP contribution in [0.1, 0.15) is 35.6 Å². The van der Waals surface area contributed by atoms with Crippen LogP contribution in [0.5, 0.6) is 0 Å². The first-order valence-corrected chi connectivity index (χ1v) is 5.77. The lowest BCUT2D eigenvalue weighted by Crippen LogP contribution is -2.04. The van der Waals surface area contributed by atoms with Gasteiger partial charge in [0.25, 0.3) is 0 Å². The minimum atomic E-state index is -0.901. The number of nitrogens with one attached hydrogen (secondary N) is 1.